The maximum Gasteiger partial charge on any atom is 0.170 e. The SMILES string of the molecule is CSCc1ccc(O[C-]=O)cc1.[Re]. The smallest absolute Gasteiger partial charge is 0.170 e. The van der Waals surface area contributed by atoms with Gasteiger partial charge in [0.2, 0.25) is 0 Å². The third-order valence-electron chi connectivity index (χ3n) is 1.39. The van der Waals surface area contributed by atoms with Crippen LogP contribution in [0.15, 0.2) is 24.3 Å². The second kappa shape index (κ2) is 7.14. The van der Waals surface area contributed by atoms with E-state index >= 15 is 0 Å². The van der Waals surface area contributed by atoms with Crippen LogP contribution >= 0.6 is 11.8 Å². The van der Waals surface area contributed by atoms with Gasteiger partial charge in [0.1, 0.15) is 0 Å². The molecule has 13 heavy (non-hydrogen) atoms. The minimum absolute atomic E-state index is 0. The number of hydrogen-bond acceptors (Lipinski definition) is 3. The van der Waals surface area contributed by atoms with Crippen molar-refractivity contribution in [3.63, 3.8) is 0 Å². The number of carbonyl (C=O) groups excluding carboxylic acids is 1. The summed E-state index contributed by atoms with van der Waals surface area (Å²) in [6, 6.07) is 7.39. The Balaban J connectivity index is 0.00000144. The van der Waals surface area contributed by atoms with Gasteiger partial charge in [0.05, 0.1) is 0 Å². The number of thioether (sulfide) groups is 1. The molecule has 0 aliphatic rings. The van der Waals surface area contributed by atoms with Gasteiger partial charge in [0.25, 0.3) is 0 Å². The Bertz CT molecular complexity index is 248. The molecule has 0 aromatic heterocycles. The zero-order chi connectivity index (χ0) is 8.81. The van der Waals surface area contributed by atoms with Gasteiger partial charge in [0, 0.05) is 26.2 Å². The van der Waals surface area contributed by atoms with E-state index in [1.54, 1.807) is 23.9 Å². The number of ether oxygens (including phenoxy) is 1. The van der Waals surface area contributed by atoms with Crippen molar-refractivity contribution in [1.82, 2.24) is 0 Å². The average Bonchev–Trinajstić information content (AvgIpc) is 2.09. The molecular weight excluding hydrogens is 358 g/mol. The molecule has 0 N–H and O–H groups in total. The zero-order valence-corrected chi connectivity index (χ0v) is 10.7. The van der Waals surface area contributed by atoms with Crippen molar-refractivity contribution in [3.8, 4) is 5.75 Å². The molecule has 0 aliphatic heterocycles. The summed E-state index contributed by atoms with van der Waals surface area (Å²) in [5.41, 5.74) is 1.22. The first kappa shape index (κ1) is 12.7. The van der Waals surface area contributed by atoms with E-state index in [-0.39, 0.29) is 20.4 Å². The number of rotatable bonds is 4. The normalized spacial score (nSPS) is 8.69. The number of hydrogen-bond donors (Lipinski definition) is 0. The zero-order valence-electron chi connectivity index (χ0n) is 7.12. The third-order valence-corrected chi connectivity index (χ3v) is 2.02. The minimum atomic E-state index is 0. The van der Waals surface area contributed by atoms with Crippen molar-refractivity contribution < 1.29 is 30.0 Å². The molecule has 1 aromatic rings. The fourth-order valence-corrected chi connectivity index (χ4v) is 1.39. The molecule has 0 unspecified atom stereocenters. The van der Waals surface area contributed by atoms with E-state index < -0.39 is 0 Å². The van der Waals surface area contributed by atoms with E-state index in [1.807, 2.05) is 18.4 Å². The van der Waals surface area contributed by atoms with Crippen LogP contribution in [0.1, 0.15) is 5.56 Å². The monoisotopic (exact) mass is 368 g/mol. The van der Waals surface area contributed by atoms with Crippen molar-refractivity contribution in [2.75, 3.05) is 6.26 Å². The van der Waals surface area contributed by atoms with Crippen molar-refractivity contribution in [2.45, 2.75) is 5.75 Å². The fourth-order valence-electron chi connectivity index (χ4n) is 0.868. The summed E-state index contributed by atoms with van der Waals surface area (Å²) in [5.74, 6) is 1.51. The molecule has 1 radical (unpaired) electrons. The van der Waals surface area contributed by atoms with Gasteiger partial charge in [0.15, 0.2) is 6.47 Å². The molecule has 0 amide bonds. The summed E-state index contributed by atoms with van der Waals surface area (Å²) in [5, 5.41) is 0. The van der Waals surface area contributed by atoms with Crippen LogP contribution in [0.4, 0.5) is 0 Å². The molecule has 0 saturated heterocycles. The molecule has 4 heteroatoms. The third kappa shape index (κ3) is 4.47. The van der Waals surface area contributed by atoms with E-state index in [0.717, 1.165) is 5.75 Å². The molecule has 1 rings (SSSR count). The van der Waals surface area contributed by atoms with Crippen LogP contribution in [0.3, 0.4) is 0 Å². The predicted molar refractivity (Wildman–Crippen MR) is 50.0 cm³/mol. The molecular formula is C9H9O2ReS-. The van der Waals surface area contributed by atoms with Crippen molar-refractivity contribution in [3.05, 3.63) is 29.8 Å². The van der Waals surface area contributed by atoms with Crippen molar-refractivity contribution in [2.24, 2.45) is 0 Å². The first-order valence-corrected chi connectivity index (χ1v) is 4.88. The molecule has 0 aliphatic carbocycles. The Hall–Kier alpha value is -0.298. The van der Waals surface area contributed by atoms with Gasteiger partial charge in [-0.2, -0.15) is 11.8 Å². The van der Waals surface area contributed by atoms with Crippen LogP contribution in [0, 0.1) is 0 Å². The molecule has 71 valence electrons. The largest absolute Gasteiger partial charge is 0.610 e. The maximum atomic E-state index is 9.83. The van der Waals surface area contributed by atoms with Gasteiger partial charge in [-0.25, -0.2) is 0 Å². The van der Waals surface area contributed by atoms with Gasteiger partial charge >= 0.3 is 0 Å². The van der Waals surface area contributed by atoms with Crippen molar-refractivity contribution in [1.29, 1.82) is 0 Å². The molecule has 0 atom stereocenters. The molecule has 0 fully saturated rings. The van der Waals surface area contributed by atoms with E-state index in [9.17, 15) is 4.79 Å². The van der Waals surface area contributed by atoms with Crippen LogP contribution in [-0.2, 0) is 31.0 Å². The van der Waals surface area contributed by atoms with Crippen LogP contribution in [0.2, 0.25) is 0 Å². The Morgan fingerprint density at radius 1 is 1.38 bits per heavy atom. The molecule has 0 bridgehead atoms. The van der Waals surface area contributed by atoms with Crippen molar-refractivity contribution >= 4 is 18.2 Å². The van der Waals surface area contributed by atoms with Crippen LogP contribution in [-0.4, -0.2) is 12.7 Å². The van der Waals surface area contributed by atoms with E-state index in [4.69, 9.17) is 0 Å². The summed E-state index contributed by atoms with van der Waals surface area (Å²) in [6.45, 7) is 1.38. The van der Waals surface area contributed by atoms with Gasteiger partial charge in [-0.1, -0.05) is 12.1 Å². The fraction of sp³-hybridized carbons (Fsp3) is 0.222. The quantitative estimate of drug-likeness (QED) is 0.762. The summed E-state index contributed by atoms with van der Waals surface area (Å²) in [4.78, 5) is 9.83. The predicted octanol–water partition coefficient (Wildman–Crippen LogP) is 1.99. The Labute approximate surface area is 95.7 Å². The molecule has 2 nitrogen and oxygen atoms in total. The summed E-state index contributed by atoms with van der Waals surface area (Å²) >= 11 is 1.76. The van der Waals surface area contributed by atoms with Gasteiger partial charge in [-0.05, 0) is 17.6 Å². The molecule has 0 spiro atoms. The Kier molecular flexibility index (Phi) is 6.98. The van der Waals surface area contributed by atoms with Gasteiger partial charge in [-0.15, -0.1) is 12.1 Å². The van der Waals surface area contributed by atoms with E-state index in [1.165, 1.54) is 12.0 Å². The molecule has 0 saturated carbocycles. The molecule has 1 aromatic carbocycles. The average molecular weight is 367 g/mol. The summed E-state index contributed by atoms with van der Waals surface area (Å²) in [7, 11) is 0. The second-order valence-electron chi connectivity index (χ2n) is 2.26. The topological polar surface area (TPSA) is 26.3 Å². The maximum absolute atomic E-state index is 9.83. The Morgan fingerprint density at radius 3 is 2.46 bits per heavy atom. The summed E-state index contributed by atoms with van der Waals surface area (Å²) < 4.78 is 4.53. The summed E-state index contributed by atoms with van der Waals surface area (Å²) in [6.07, 6.45) is 2.05. The van der Waals surface area contributed by atoms with Gasteiger partial charge in [-0.3, -0.25) is 0 Å². The first-order chi connectivity index (χ1) is 5.86. The standard InChI is InChI=1S/C9H9O2S.Re/c1-12-6-8-2-4-9(5-3-8)11-7-10;/h2-5H,6H2,1H3;/q-1;. The van der Waals surface area contributed by atoms with Gasteiger partial charge < -0.3 is 9.53 Å². The second-order valence-corrected chi connectivity index (χ2v) is 3.13. The van der Waals surface area contributed by atoms with E-state index in [0.29, 0.717) is 5.75 Å². The Morgan fingerprint density at radius 2 is 2.00 bits per heavy atom. The molecule has 0 heterocycles. The first-order valence-electron chi connectivity index (χ1n) is 3.48. The van der Waals surface area contributed by atoms with Crippen LogP contribution in [0.5, 0.6) is 5.75 Å². The van der Waals surface area contributed by atoms with Crippen LogP contribution < -0.4 is 4.74 Å². The minimum Gasteiger partial charge on any atom is -0.610 e. The number of benzene rings is 1. The van der Waals surface area contributed by atoms with E-state index in [2.05, 4.69) is 4.74 Å². The van der Waals surface area contributed by atoms with Crippen LogP contribution in [0.25, 0.3) is 0 Å².